The van der Waals surface area contributed by atoms with Crippen LogP contribution in [0.5, 0.6) is 0 Å². The zero-order chi connectivity index (χ0) is 11.2. The van der Waals surface area contributed by atoms with Gasteiger partial charge in [-0.05, 0) is 26.3 Å². The molecule has 0 aliphatic heterocycles. The average molecular weight is 213 g/mol. The molecule has 0 bridgehead atoms. The van der Waals surface area contributed by atoms with Gasteiger partial charge < -0.3 is 5.11 Å². The van der Waals surface area contributed by atoms with Gasteiger partial charge in [0.25, 0.3) is 0 Å². The van der Waals surface area contributed by atoms with E-state index in [4.69, 9.17) is 5.11 Å². The monoisotopic (exact) mass is 213 g/mol. The van der Waals surface area contributed by atoms with Gasteiger partial charge in [0.05, 0.1) is 12.6 Å². The lowest BCUT2D eigenvalue weighted by Crippen LogP contribution is -2.36. The molecule has 2 nitrogen and oxygen atoms in total. The van der Waals surface area contributed by atoms with E-state index in [1.165, 1.54) is 4.90 Å². The van der Waals surface area contributed by atoms with Crippen LogP contribution in [0.3, 0.4) is 0 Å². The van der Waals surface area contributed by atoms with Crippen molar-refractivity contribution in [2.24, 2.45) is 0 Å². The number of aliphatic hydroxyl groups excluding tert-OH is 1. The number of halogens is 3. The molecule has 0 spiro atoms. The van der Waals surface area contributed by atoms with Crippen molar-refractivity contribution in [2.75, 3.05) is 19.6 Å². The Morgan fingerprint density at radius 2 is 1.86 bits per heavy atom. The Balaban J connectivity index is 3.89. The van der Waals surface area contributed by atoms with E-state index < -0.39 is 18.8 Å². The van der Waals surface area contributed by atoms with Crippen molar-refractivity contribution in [3.05, 3.63) is 0 Å². The summed E-state index contributed by atoms with van der Waals surface area (Å²) in [7, 11) is 0. The van der Waals surface area contributed by atoms with Crippen LogP contribution in [0.2, 0.25) is 0 Å². The van der Waals surface area contributed by atoms with Crippen molar-refractivity contribution < 1.29 is 18.3 Å². The van der Waals surface area contributed by atoms with Gasteiger partial charge in [0.1, 0.15) is 0 Å². The summed E-state index contributed by atoms with van der Waals surface area (Å²) < 4.78 is 36.1. The van der Waals surface area contributed by atoms with Gasteiger partial charge >= 0.3 is 6.18 Å². The van der Waals surface area contributed by atoms with Crippen LogP contribution in [0.1, 0.15) is 26.7 Å². The van der Waals surface area contributed by atoms with Crippen molar-refractivity contribution in [3.63, 3.8) is 0 Å². The first-order valence-electron chi connectivity index (χ1n) is 4.82. The Hall–Kier alpha value is -0.290. The highest BCUT2D eigenvalue weighted by Crippen LogP contribution is 2.16. The van der Waals surface area contributed by atoms with Gasteiger partial charge in [0.15, 0.2) is 0 Å². The van der Waals surface area contributed by atoms with E-state index in [0.717, 1.165) is 0 Å². The third-order valence-corrected chi connectivity index (χ3v) is 1.81. The van der Waals surface area contributed by atoms with Gasteiger partial charge in [-0.3, -0.25) is 4.90 Å². The molecule has 0 fully saturated rings. The van der Waals surface area contributed by atoms with E-state index in [1.807, 2.05) is 6.92 Å². The second-order valence-corrected chi connectivity index (χ2v) is 3.53. The van der Waals surface area contributed by atoms with Crippen LogP contribution < -0.4 is 0 Å². The van der Waals surface area contributed by atoms with Gasteiger partial charge in [-0.15, -0.1) is 0 Å². The van der Waals surface area contributed by atoms with E-state index in [2.05, 4.69) is 0 Å². The average Bonchev–Trinajstić information content (AvgIpc) is 1.98. The van der Waals surface area contributed by atoms with Crippen LogP contribution in [0.4, 0.5) is 13.2 Å². The molecule has 0 heterocycles. The second-order valence-electron chi connectivity index (χ2n) is 3.53. The summed E-state index contributed by atoms with van der Waals surface area (Å²) in [5.41, 5.74) is 0. The number of aliphatic hydroxyl groups is 1. The second kappa shape index (κ2) is 6.24. The number of alkyl halides is 3. The number of rotatable bonds is 6. The Bertz CT molecular complexity index is 147. The molecule has 0 aromatic heterocycles. The Kier molecular flexibility index (Phi) is 6.11. The van der Waals surface area contributed by atoms with Crippen molar-refractivity contribution in [3.8, 4) is 0 Å². The minimum atomic E-state index is -4.14. The van der Waals surface area contributed by atoms with Gasteiger partial charge in [0.2, 0.25) is 0 Å². The molecule has 0 amide bonds. The lowest BCUT2D eigenvalue weighted by atomic mass is 10.2. The SMILES string of the molecule is CCCN(CCC(C)O)CC(F)(F)F. The highest BCUT2D eigenvalue weighted by Gasteiger charge is 2.30. The molecular weight excluding hydrogens is 195 g/mol. The minimum absolute atomic E-state index is 0.297. The molecule has 86 valence electrons. The Morgan fingerprint density at radius 3 is 2.21 bits per heavy atom. The molecule has 0 radical (unpaired) electrons. The van der Waals surface area contributed by atoms with Gasteiger partial charge in [-0.2, -0.15) is 13.2 Å². The molecular formula is C9H18F3NO. The molecule has 5 heteroatoms. The first-order chi connectivity index (χ1) is 6.35. The quantitative estimate of drug-likeness (QED) is 0.729. The molecule has 14 heavy (non-hydrogen) atoms. The summed E-state index contributed by atoms with van der Waals surface area (Å²) in [6.07, 6.45) is -3.61. The van der Waals surface area contributed by atoms with Gasteiger partial charge in [0, 0.05) is 6.54 Å². The van der Waals surface area contributed by atoms with E-state index in [1.54, 1.807) is 6.92 Å². The first-order valence-corrected chi connectivity index (χ1v) is 4.82. The Labute approximate surface area is 82.7 Å². The molecule has 0 aliphatic rings. The molecule has 1 unspecified atom stereocenters. The van der Waals surface area contributed by atoms with E-state index in [-0.39, 0.29) is 0 Å². The summed E-state index contributed by atoms with van der Waals surface area (Å²) in [5, 5.41) is 8.96. The molecule has 1 N–H and O–H groups in total. The molecule has 0 aromatic rings. The maximum absolute atomic E-state index is 12.0. The van der Waals surface area contributed by atoms with E-state index in [9.17, 15) is 13.2 Å². The van der Waals surface area contributed by atoms with E-state index >= 15 is 0 Å². The lowest BCUT2D eigenvalue weighted by molar-refractivity contribution is -0.146. The molecule has 0 aliphatic carbocycles. The summed E-state index contributed by atoms with van der Waals surface area (Å²) in [4.78, 5) is 1.33. The zero-order valence-electron chi connectivity index (χ0n) is 8.64. The number of hydrogen-bond acceptors (Lipinski definition) is 2. The third-order valence-electron chi connectivity index (χ3n) is 1.81. The fourth-order valence-electron chi connectivity index (χ4n) is 1.21. The molecule has 0 saturated carbocycles. The first kappa shape index (κ1) is 13.7. The zero-order valence-corrected chi connectivity index (χ0v) is 8.64. The van der Waals surface area contributed by atoms with Crippen molar-refractivity contribution in [2.45, 2.75) is 39.0 Å². The number of hydrogen-bond donors (Lipinski definition) is 1. The van der Waals surface area contributed by atoms with Gasteiger partial charge in [-0.1, -0.05) is 6.92 Å². The normalized spacial score (nSPS) is 14.8. The largest absolute Gasteiger partial charge is 0.401 e. The van der Waals surface area contributed by atoms with Gasteiger partial charge in [-0.25, -0.2) is 0 Å². The predicted octanol–water partition coefficient (Wildman–Crippen LogP) is 2.03. The molecule has 1 atom stereocenters. The predicted molar refractivity (Wildman–Crippen MR) is 49.1 cm³/mol. The molecule has 0 rings (SSSR count). The fourth-order valence-corrected chi connectivity index (χ4v) is 1.21. The van der Waals surface area contributed by atoms with Crippen LogP contribution in [0.15, 0.2) is 0 Å². The Morgan fingerprint density at radius 1 is 1.29 bits per heavy atom. The summed E-state index contributed by atoms with van der Waals surface area (Å²) in [5.74, 6) is 0. The maximum Gasteiger partial charge on any atom is 0.401 e. The topological polar surface area (TPSA) is 23.5 Å². The van der Waals surface area contributed by atoms with E-state index in [0.29, 0.717) is 25.9 Å². The van der Waals surface area contributed by atoms with Crippen LogP contribution >= 0.6 is 0 Å². The lowest BCUT2D eigenvalue weighted by Gasteiger charge is -2.23. The maximum atomic E-state index is 12.0. The van der Waals surface area contributed by atoms with Crippen LogP contribution in [0, 0.1) is 0 Å². The fraction of sp³-hybridized carbons (Fsp3) is 1.00. The highest BCUT2D eigenvalue weighted by molar-refractivity contribution is 4.64. The smallest absolute Gasteiger partial charge is 0.393 e. The summed E-state index contributed by atoms with van der Waals surface area (Å²) in [6.45, 7) is 3.26. The molecule has 0 saturated heterocycles. The van der Waals surface area contributed by atoms with Crippen molar-refractivity contribution in [1.82, 2.24) is 4.90 Å². The standard InChI is InChI=1S/C9H18F3NO/c1-3-5-13(6-4-8(2)14)7-9(10,11)12/h8,14H,3-7H2,1-2H3. The van der Waals surface area contributed by atoms with Crippen molar-refractivity contribution >= 4 is 0 Å². The third kappa shape index (κ3) is 8.31. The summed E-state index contributed by atoms with van der Waals surface area (Å²) in [6, 6.07) is 0. The molecule has 0 aromatic carbocycles. The highest BCUT2D eigenvalue weighted by atomic mass is 19.4. The minimum Gasteiger partial charge on any atom is -0.393 e. The van der Waals surface area contributed by atoms with Crippen LogP contribution in [-0.2, 0) is 0 Å². The number of nitrogens with zero attached hydrogens (tertiary/aromatic N) is 1. The summed E-state index contributed by atoms with van der Waals surface area (Å²) >= 11 is 0. The van der Waals surface area contributed by atoms with Crippen LogP contribution in [0.25, 0.3) is 0 Å². The van der Waals surface area contributed by atoms with Crippen LogP contribution in [-0.4, -0.2) is 41.9 Å². The van der Waals surface area contributed by atoms with Crippen molar-refractivity contribution in [1.29, 1.82) is 0 Å².